The first kappa shape index (κ1) is 18.4. The van der Waals surface area contributed by atoms with Crippen LogP contribution >= 0.6 is 31.9 Å². The van der Waals surface area contributed by atoms with Crippen LogP contribution in [-0.4, -0.2) is 34.0 Å². The summed E-state index contributed by atoms with van der Waals surface area (Å²) in [7, 11) is 3.45. The maximum absolute atomic E-state index is 5.77. The van der Waals surface area contributed by atoms with Crippen LogP contribution in [0.15, 0.2) is 12.1 Å². The number of alkyl halides is 2. The lowest BCUT2D eigenvalue weighted by atomic mass is 9.78. The lowest BCUT2D eigenvalue weighted by Gasteiger charge is -2.34. The zero-order valence-corrected chi connectivity index (χ0v) is 16.8. The molecule has 1 aromatic rings. The molecule has 1 aromatic carbocycles. The Morgan fingerprint density at radius 1 is 1.09 bits per heavy atom. The van der Waals surface area contributed by atoms with Crippen molar-refractivity contribution in [3.05, 3.63) is 34.4 Å². The molecule has 0 aliphatic carbocycles. The molecule has 3 nitrogen and oxygen atoms in total. The third-order valence-corrected chi connectivity index (χ3v) is 5.57. The first-order valence-electron chi connectivity index (χ1n) is 7.41. The topological polar surface area (TPSA) is 27.7 Å². The Kier molecular flexibility index (Phi) is 6.48. The van der Waals surface area contributed by atoms with E-state index in [4.69, 9.17) is 14.2 Å². The van der Waals surface area contributed by atoms with E-state index in [0.717, 1.165) is 6.61 Å². The normalized spacial score (nSPS) is 19.5. The fourth-order valence-electron chi connectivity index (χ4n) is 2.94. The van der Waals surface area contributed by atoms with E-state index < -0.39 is 0 Å². The molecule has 0 aromatic heterocycles. The summed E-state index contributed by atoms with van der Waals surface area (Å²) in [5, 5.41) is 0. The largest absolute Gasteiger partial charge is 0.383 e. The van der Waals surface area contributed by atoms with E-state index in [1.54, 1.807) is 14.2 Å². The molecule has 124 valence electrons. The summed E-state index contributed by atoms with van der Waals surface area (Å²) < 4.78 is 16.4. The van der Waals surface area contributed by atoms with Gasteiger partial charge < -0.3 is 14.2 Å². The molecule has 2 rings (SSSR count). The van der Waals surface area contributed by atoms with E-state index in [1.165, 1.54) is 22.3 Å². The highest BCUT2D eigenvalue weighted by atomic mass is 79.9. The second-order valence-electron chi connectivity index (χ2n) is 6.36. The van der Waals surface area contributed by atoms with Gasteiger partial charge in [-0.25, -0.2) is 0 Å². The standard InChI is InChI=1S/C17H24Br2O3/c1-17(2)10-22-7-11-5-12(15(18)8-20-3)13(6-14(11)17)16(19)9-21-4/h5-6,15-16H,7-10H2,1-4H3. The van der Waals surface area contributed by atoms with Gasteiger partial charge in [-0.1, -0.05) is 57.8 Å². The van der Waals surface area contributed by atoms with Crippen LogP contribution in [0.1, 0.15) is 45.8 Å². The predicted molar refractivity (Wildman–Crippen MR) is 96.2 cm³/mol. The van der Waals surface area contributed by atoms with Crippen LogP contribution in [0.25, 0.3) is 0 Å². The first-order valence-corrected chi connectivity index (χ1v) is 9.24. The molecule has 1 aliphatic heterocycles. The van der Waals surface area contributed by atoms with Crippen LogP contribution in [-0.2, 0) is 26.2 Å². The van der Waals surface area contributed by atoms with Gasteiger partial charge in [0.05, 0.1) is 36.1 Å². The van der Waals surface area contributed by atoms with Gasteiger partial charge >= 0.3 is 0 Å². The van der Waals surface area contributed by atoms with E-state index in [2.05, 4.69) is 57.8 Å². The summed E-state index contributed by atoms with van der Waals surface area (Å²) in [6.45, 7) is 7.16. The monoisotopic (exact) mass is 434 g/mol. The highest BCUT2D eigenvalue weighted by molar-refractivity contribution is 9.09. The number of halogens is 2. The Morgan fingerprint density at radius 2 is 1.64 bits per heavy atom. The highest BCUT2D eigenvalue weighted by Gasteiger charge is 2.31. The molecule has 0 spiro atoms. The lowest BCUT2D eigenvalue weighted by Crippen LogP contribution is -2.31. The van der Waals surface area contributed by atoms with Gasteiger partial charge in [0, 0.05) is 19.6 Å². The number of benzene rings is 1. The van der Waals surface area contributed by atoms with Crippen molar-refractivity contribution in [1.29, 1.82) is 0 Å². The molecule has 0 saturated carbocycles. The summed E-state index contributed by atoms with van der Waals surface area (Å²) in [6.07, 6.45) is 0. The molecule has 0 bridgehead atoms. The fourth-order valence-corrected chi connectivity index (χ4v) is 4.26. The number of hydrogen-bond donors (Lipinski definition) is 0. The number of rotatable bonds is 6. The van der Waals surface area contributed by atoms with Crippen LogP contribution in [0.2, 0.25) is 0 Å². The average molecular weight is 436 g/mol. The van der Waals surface area contributed by atoms with Gasteiger partial charge in [-0.2, -0.15) is 0 Å². The van der Waals surface area contributed by atoms with Crippen LogP contribution in [0.3, 0.4) is 0 Å². The molecule has 1 aliphatic rings. The zero-order valence-electron chi connectivity index (χ0n) is 13.6. The SMILES string of the molecule is COCC(Br)c1cc2c(cc1C(Br)COC)C(C)(C)COC2. The van der Waals surface area contributed by atoms with Gasteiger partial charge in [0.2, 0.25) is 0 Å². The van der Waals surface area contributed by atoms with Crippen LogP contribution < -0.4 is 0 Å². The molecule has 5 heteroatoms. The van der Waals surface area contributed by atoms with Gasteiger partial charge in [0.1, 0.15) is 0 Å². The van der Waals surface area contributed by atoms with Gasteiger partial charge in [0.15, 0.2) is 0 Å². The van der Waals surface area contributed by atoms with Gasteiger partial charge in [-0.15, -0.1) is 0 Å². The second kappa shape index (κ2) is 7.75. The van der Waals surface area contributed by atoms with E-state index in [0.29, 0.717) is 19.8 Å². The Balaban J connectivity index is 2.52. The molecule has 2 unspecified atom stereocenters. The van der Waals surface area contributed by atoms with Crippen molar-refractivity contribution < 1.29 is 14.2 Å². The zero-order chi connectivity index (χ0) is 16.3. The maximum Gasteiger partial charge on any atom is 0.0720 e. The molecular weight excluding hydrogens is 412 g/mol. The van der Waals surface area contributed by atoms with Crippen molar-refractivity contribution in [2.75, 3.05) is 34.0 Å². The third-order valence-electron chi connectivity index (χ3n) is 4.06. The highest BCUT2D eigenvalue weighted by Crippen LogP contribution is 2.40. The Hall–Kier alpha value is 0.0600. The summed E-state index contributed by atoms with van der Waals surface area (Å²) in [6, 6.07) is 4.57. The van der Waals surface area contributed by atoms with Crippen molar-refractivity contribution in [3.63, 3.8) is 0 Å². The van der Waals surface area contributed by atoms with E-state index in [1.807, 2.05) is 0 Å². The van der Waals surface area contributed by atoms with Crippen molar-refractivity contribution >= 4 is 31.9 Å². The van der Waals surface area contributed by atoms with Gasteiger partial charge in [-0.3, -0.25) is 0 Å². The molecule has 2 atom stereocenters. The van der Waals surface area contributed by atoms with E-state index >= 15 is 0 Å². The van der Waals surface area contributed by atoms with Crippen LogP contribution in [0, 0.1) is 0 Å². The number of hydrogen-bond acceptors (Lipinski definition) is 3. The third kappa shape index (κ3) is 3.93. The molecule has 22 heavy (non-hydrogen) atoms. The maximum atomic E-state index is 5.77. The Bertz CT molecular complexity index is 517. The van der Waals surface area contributed by atoms with Crippen molar-refractivity contribution in [3.8, 4) is 0 Å². The van der Waals surface area contributed by atoms with Crippen LogP contribution in [0.5, 0.6) is 0 Å². The quantitative estimate of drug-likeness (QED) is 0.608. The van der Waals surface area contributed by atoms with Gasteiger partial charge in [0.25, 0.3) is 0 Å². The minimum atomic E-state index is 0.0315. The minimum absolute atomic E-state index is 0.0315. The van der Waals surface area contributed by atoms with Crippen molar-refractivity contribution in [2.45, 2.75) is 35.5 Å². The van der Waals surface area contributed by atoms with Crippen LogP contribution in [0.4, 0.5) is 0 Å². The van der Waals surface area contributed by atoms with Crippen molar-refractivity contribution in [2.24, 2.45) is 0 Å². The Labute approximate surface area is 150 Å². The molecule has 1 heterocycles. The molecule has 0 fully saturated rings. The van der Waals surface area contributed by atoms with Gasteiger partial charge in [-0.05, 0) is 22.3 Å². The molecule has 0 N–H and O–H groups in total. The summed E-state index contributed by atoms with van der Waals surface area (Å²) in [4.78, 5) is 0.313. The van der Waals surface area contributed by atoms with E-state index in [-0.39, 0.29) is 15.1 Å². The van der Waals surface area contributed by atoms with Crippen molar-refractivity contribution in [1.82, 2.24) is 0 Å². The molecule has 0 saturated heterocycles. The summed E-state index contributed by atoms with van der Waals surface area (Å²) >= 11 is 7.51. The fraction of sp³-hybridized carbons (Fsp3) is 0.647. The first-order chi connectivity index (χ1) is 10.4. The summed E-state index contributed by atoms with van der Waals surface area (Å²) in [5.41, 5.74) is 5.17. The minimum Gasteiger partial charge on any atom is -0.383 e. The molecule has 0 radical (unpaired) electrons. The molecule has 0 amide bonds. The number of methoxy groups -OCH3 is 2. The average Bonchev–Trinajstić information content (AvgIpc) is 2.46. The number of fused-ring (bicyclic) bond motifs is 1. The second-order valence-corrected chi connectivity index (χ2v) is 8.57. The summed E-state index contributed by atoms with van der Waals surface area (Å²) in [5.74, 6) is 0. The Morgan fingerprint density at radius 3 is 2.18 bits per heavy atom. The van der Waals surface area contributed by atoms with E-state index in [9.17, 15) is 0 Å². The predicted octanol–water partition coefficient (Wildman–Crippen LogP) is 4.66. The smallest absolute Gasteiger partial charge is 0.0720 e. The number of ether oxygens (including phenoxy) is 3. The molecular formula is C17H24Br2O3. The lowest BCUT2D eigenvalue weighted by molar-refractivity contribution is 0.0640.